The van der Waals surface area contributed by atoms with E-state index in [1.807, 2.05) is 79.8 Å². The van der Waals surface area contributed by atoms with Gasteiger partial charge in [0, 0.05) is 59.7 Å². The zero-order chi connectivity index (χ0) is 31.2. The third kappa shape index (κ3) is 4.68. The van der Waals surface area contributed by atoms with Gasteiger partial charge < -0.3 is 14.7 Å². The first-order valence-corrected chi connectivity index (χ1v) is 15.2. The van der Waals surface area contributed by atoms with Crippen molar-refractivity contribution < 1.29 is 9.84 Å². The Balaban J connectivity index is 1.33. The van der Waals surface area contributed by atoms with Crippen molar-refractivity contribution >= 4 is 38.4 Å². The van der Waals surface area contributed by atoms with Gasteiger partial charge in [0.15, 0.2) is 0 Å². The van der Waals surface area contributed by atoms with E-state index in [0.717, 1.165) is 61.0 Å². The van der Waals surface area contributed by atoms with Gasteiger partial charge in [-0.3, -0.25) is 4.57 Å². The molecular weight excluding hydrogens is 568 g/mol. The molecule has 0 amide bonds. The quantitative estimate of drug-likeness (QED) is 0.206. The van der Waals surface area contributed by atoms with E-state index in [1.54, 1.807) is 6.07 Å². The number of phenols is 1. The number of phenolic OH excluding ortho intramolecular Hbond substituents is 1. The molecule has 3 aromatic heterocycles. The lowest BCUT2D eigenvalue weighted by Crippen LogP contribution is -2.09. The fraction of sp³-hybridized carbons (Fsp3) is 0.0500. The Bertz CT molecular complexity index is 2380. The van der Waals surface area contributed by atoms with E-state index in [0.29, 0.717) is 17.1 Å². The van der Waals surface area contributed by atoms with Crippen LogP contribution >= 0.6 is 0 Å². The molecule has 0 aliphatic carbocycles. The first kappa shape index (κ1) is 27.4. The van der Waals surface area contributed by atoms with Gasteiger partial charge in [0.2, 0.25) is 5.88 Å². The van der Waals surface area contributed by atoms with E-state index in [2.05, 4.69) is 77.4 Å². The van der Waals surface area contributed by atoms with E-state index < -0.39 is 0 Å². The van der Waals surface area contributed by atoms with Gasteiger partial charge in [0.1, 0.15) is 22.8 Å². The molecule has 5 aromatic carbocycles. The Morgan fingerprint density at radius 2 is 1.33 bits per heavy atom. The lowest BCUT2D eigenvalue weighted by atomic mass is 10.0. The van der Waals surface area contributed by atoms with E-state index in [1.165, 1.54) is 0 Å². The summed E-state index contributed by atoms with van der Waals surface area (Å²) in [4.78, 5) is 11.8. The van der Waals surface area contributed by atoms with Crippen molar-refractivity contribution in [2.75, 3.05) is 19.0 Å². The highest BCUT2D eigenvalue weighted by Gasteiger charge is 2.19. The number of aromatic nitrogens is 3. The summed E-state index contributed by atoms with van der Waals surface area (Å²) >= 11 is 0. The molecule has 222 valence electrons. The molecule has 6 heteroatoms. The number of nitrogens with zero attached hydrogens (tertiary/aromatic N) is 4. The molecule has 0 radical (unpaired) electrons. The molecule has 6 nitrogen and oxygen atoms in total. The summed E-state index contributed by atoms with van der Waals surface area (Å²) in [5, 5.41) is 13.7. The first-order chi connectivity index (χ1) is 22.5. The van der Waals surface area contributed by atoms with Crippen molar-refractivity contribution in [1.82, 2.24) is 14.5 Å². The summed E-state index contributed by atoms with van der Waals surface area (Å²) in [6.45, 7) is 0. The van der Waals surface area contributed by atoms with Crippen molar-refractivity contribution in [3.8, 4) is 45.5 Å². The van der Waals surface area contributed by atoms with Crippen LogP contribution in [0, 0.1) is 0 Å². The van der Waals surface area contributed by atoms with Crippen LogP contribution in [0.15, 0.2) is 140 Å². The lowest BCUT2D eigenvalue weighted by Gasteiger charge is -2.17. The first-order valence-electron chi connectivity index (χ1n) is 15.2. The van der Waals surface area contributed by atoms with Gasteiger partial charge in [0.05, 0.1) is 16.7 Å². The zero-order valence-corrected chi connectivity index (χ0v) is 25.4. The fourth-order valence-electron chi connectivity index (χ4n) is 6.23. The zero-order valence-electron chi connectivity index (χ0n) is 25.4. The minimum Gasteiger partial charge on any atom is -0.506 e. The number of pyridine rings is 2. The Labute approximate surface area is 266 Å². The minimum atomic E-state index is 0.111. The maximum absolute atomic E-state index is 10.6. The molecule has 0 aliphatic heterocycles. The van der Waals surface area contributed by atoms with Gasteiger partial charge in [-0.2, -0.15) is 0 Å². The van der Waals surface area contributed by atoms with Crippen molar-refractivity contribution in [2.45, 2.75) is 0 Å². The molecule has 8 aromatic rings. The molecule has 0 aliphatic rings. The molecular formula is C40H30N4O2. The second kappa shape index (κ2) is 11.1. The third-order valence-corrected chi connectivity index (χ3v) is 8.39. The second-order valence-electron chi connectivity index (χ2n) is 11.5. The van der Waals surface area contributed by atoms with E-state index in [9.17, 15) is 5.11 Å². The standard InChI is InChI=1S/C40H30N4O2/c1-43(2)35-24-38(42-39-32(35)17-11-19-37(39)45)46-29-20-21-31-30-16-9-10-18-34(30)44(36(31)23-29)40-33(27-14-7-4-8-15-27)22-28(25-41-40)26-12-5-3-6-13-26/h3-25,45H,1-2H3. The van der Waals surface area contributed by atoms with Gasteiger partial charge in [-0.1, -0.05) is 91.0 Å². The van der Waals surface area contributed by atoms with Crippen molar-refractivity contribution in [3.63, 3.8) is 0 Å². The Kier molecular flexibility index (Phi) is 6.61. The van der Waals surface area contributed by atoms with Crippen LogP contribution in [0.5, 0.6) is 17.4 Å². The van der Waals surface area contributed by atoms with Gasteiger partial charge in [0.25, 0.3) is 0 Å². The highest BCUT2D eigenvalue weighted by atomic mass is 16.5. The number of rotatable bonds is 6. The molecule has 0 fully saturated rings. The summed E-state index contributed by atoms with van der Waals surface area (Å²) in [6, 6.07) is 44.8. The number of hydrogen-bond donors (Lipinski definition) is 1. The molecule has 0 atom stereocenters. The number of ether oxygens (including phenoxy) is 1. The van der Waals surface area contributed by atoms with Gasteiger partial charge in [-0.05, 0) is 41.5 Å². The predicted molar refractivity (Wildman–Crippen MR) is 187 cm³/mol. The van der Waals surface area contributed by atoms with Crippen LogP contribution in [0.1, 0.15) is 0 Å². The molecule has 0 saturated carbocycles. The largest absolute Gasteiger partial charge is 0.506 e. The maximum Gasteiger partial charge on any atom is 0.222 e. The van der Waals surface area contributed by atoms with Crippen LogP contribution in [-0.4, -0.2) is 33.7 Å². The highest BCUT2D eigenvalue weighted by Crippen LogP contribution is 2.40. The lowest BCUT2D eigenvalue weighted by molar-refractivity contribution is 0.460. The number of aromatic hydroxyl groups is 1. The molecule has 0 bridgehead atoms. The summed E-state index contributed by atoms with van der Waals surface area (Å²) in [5.41, 5.74) is 7.69. The van der Waals surface area contributed by atoms with Crippen LogP contribution in [0.4, 0.5) is 5.69 Å². The van der Waals surface area contributed by atoms with Gasteiger partial charge in [-0.15, -0.1) is 0 Å². The monoisotopic (exact) mass is 598 g/mol. The van der Waals surface area contributed by atoms with Crippen LogP contribution < -0.4 is 9.64 Å². The predicted octanol–water partition coefficient (Wildman–Crippen LogP) is 9.62. The number of para-hydroxylation sites is 2. The molecule has 3 heterocycles. The topological polar surface area (TPSA) is 63.4 Å². The molecule has 0 unspecified atom stereocenters. The fourth-order valence-corrected chi connectivity index (χ4v) is 6.23. The average Bonchev–Trinajstić information content (AvgIpc) is 3.42. The Morgan fingerprint density at radius 3 is 2.11 bits per heavy atom. The van der Waals surface area contributed by atoms with Crippen molar-refractivity contribution in [2.24, 2.45) is 0 Å². The Hall–Kier alpha value is -6.14. The normalized spacial score (nSPS) is 11.3. The van der Waals surface area contributed by atoms with Crippen LogP contribution in [-0.2, 0) is 0 Å². The molecule has 0 spiro atoms. The van der Waals surface area contributed by atoms with Gasteiger partial charge in [-0.25, -0.2) is 9.97 Å². The van der Waals surface area contributed by atoms with Crippen molar-refractivity contribution in [1.29, 1.82) is 0 Å². The number of anilines is 1. The van der Waals surface area contributed by atoms with Crippen LogP contribution in [0.3, 0.4) is 0 Å². The maximum atomic E-state index is 10.6. The molecule has 8 rings (SSSR count). The number of hydrogen-bond acceptors (Lipinski definition) is 5. The molecule has 0 saturated heterocycles. The Morgan fingerprint density at radius 1 is 0.630 bits per heavy atom. The summed E-state index contributed by atoms with van der Waals surface area (Å²) in [7, 11) is 3.93. The van der Waals surface area contributed by atoms with Crippen LogP contribution in [0.25, 0.3) is 60.8 Å². The highest BCUT2D eigenvalue weighted by molar-refractivity contribution is 6.10. The average molecular weight is 599 g/mol. The minimum absolute atomic E-state index is 0.111. The summed E-state index contributed by atoms with van der Waals surface area (Å²) < 4.78 is 8.66. The summed E-state index contributed by atoms with van der Waals surface area (Å²) in [5.74, 6) is 1.97. The second-order valence-corrected chi connectivity index (χ2v) is 11.5. The smallest absolute Gasteiger partial charge is 0.222 e. The number of fused-ring (bicyclic) bond motifs is 4. The SMILES string of the molecule is CN(C)c1cc(Oc2ccc3c4ccccc4n(-c4ncc(-c5ccccc5)cc4-c4ccccc4)c3c2)nc2c(O)cccc12. The van der Waals surface area contributed by atoms with Gasteiger partial charge >= 0.3 is 0 Å². The molecule has 1 N–H and O–H groups in total. The third-order valence-electron chi connectivity index (χ3n) is 8.39. The number of benzene rings is 5. The molecule has 46 heavy (non-hydrogen) atoms. The van der Waals surface area contributed by atoms with E-state index in [-0.39, 0.29) is 5.75 Å². The van der Waals surface area contributed by atoms with E-state index >= 15 is 0 Å². The summed E-state index contributed by atoms with van der Waals surface area (Å²) in [6.07, 6.45) is 1.95. The van der Waals surface area contributed by atoms with Crippen molar-refractivity contribution in [3.05, 3.63) is 140 Å². The van der Waals surface area contributed by atoms with Crippen LogP contribution in [0.2, 0.25) is 0 Å². The van der Waals surface area contributed by atoms with E-state index in [4.69, 9.17) is 14.7 Å².